The maximum atomic E-state index is 13.0. The van der Waals surface area contributed by atoms with E-state index in [1.54, 1.807) is 53.0 Å². The summed E-state index contributed by atoms with van der Waals surface area (Å²) in [5.74, 6) is -0.192. The first-order valence-electron chi connectivity index (χ1n) is 9.14. The van der Waals surface area contributed by atoms with Crippen molar-refractivity contribution in [3.05, 3.63) is 72.4 Å². The fourth-order valence-corrected chi connectivity index (χ4v) is 5.26. The summed E-state index contributed by atoms with van der Waals surface area (Å²) in [7, 11) is -1.72. The molecule has 1 amide bonds. The molecule has 0 bridgehead atoms. The van der Waals surface area contributed by atoms with Crippen molar-refractivity contribution in [1.29, 1.82) is 0 Å². The molecule has 144 valence electrons. The van der Waals surface area contributed by atoms with Gasteiger partial charge in [0.25, 0.3) is 5.91 Å². The van der Waals surface area contributed by atoms with Gasteiger partial charge in [0.05, 0.1) is 15.8 Å². The lowest BCUT2D eigenvalue weighted by Gasteiger charge is -2.16. The van der Waals surface area contributed by atoms with Crippen LogP contribution in [0.25, 0.3) is 11.3 Å². The summed E-state index contributed by atoms with van der Waals surface area (Å²) in [5.41, 5.74) is 2.11. The van der Waals surface area contributed by atoms with Crippen molar-refractivity contribution in [2.24, 2.45) is 7.05 Å². The van der Waals surface area contributed by atoms with Crippen molar-refractivity contribution in [2.45, 2.75) is 16.6 Å². The lowest BCUT2D eigenvalue weighted by Crippen LogP contribution is -2.33. The smallest absolute Gasteiger partial charge is 0.272 e. The molecule has 1 fully saturated rings. The lowest BCUT2D eigenvalue weighted by molar-refractivity contribution is 0.0782. The molecule has 1 unspecified atom stereocenters. The van der Waals surface area contributed by atoms with E-state index in [0.717, 1.165) is 11.3 Å². The Kier molecular flexibility index (Phi) is 4.77. The predicted octanol–water partition coefficient (Wildman–Crippen LogP) is 2.78. The summed E-state index contributed by atoms with van der Waals surface area (Å²) in [6, 6.07) is 19.8. The van der Waals surface area contributed by atoms with Gasteiger partial charge in [-0.05, 0) is 24.6 Å². The van der Waals surface area contributed by atoms with E-state index in [4.69, 9.17) is 0 Å². The fourth-order valence-electron chi connectivity index (χ4n) is 3.55. The van der Waals surface area contributed by atoms with Gasteiger partial charge in [0.1, 0.15) is 5.69 Å². The Hall–Kier alpha value is -2.93. The molecule has 0 saturated carbocycles. The molecule has 1 atom stereocenters. The Balaban J connectivity index is 1.54. The second-order valence-corrected chi connectivity index (χ2v) is 9.15. The summed E-state index contributed by atoms with van der Waals surface area (Å²) < 4.78 is 27.2. The molecule has 1 aliphatic rings. The first kappa shape index (κ1) is 18.4. The van der Waals surface area contributed by atoms with E-state index < -0.39 is 15.1 Å². The van der Waals surface area contributed by atoms with Crippen LogP contribution < -0.4 is 0 Å². The van der Waals surface area contributed by atoms with Gasteiger partial charge in [-0.15, -0.1) is 0 Å². The largest absolute Gasteiger partial charge is 0.336 e. The number of likely N-dealkylation sites (tertiary alicyclic amines) is 1. The number of carbonyl (C=O) groups excluding carboxylic acids is 1. The van der Waals surface area contributed by atoms with E-state index in [1.165, 1.54) is 0 Å². The molecule has 3 aromatic rings. The standard InChI is InChI=1S/C21H21N3O3S/c1-23-20(14-19(22-23)16-8-4-2-5-9-16)21(25)24-13-12-18(15-24)28(26,27)17-10-6-3-7-11-17/h2-11,14,18H,12-13,15H2,1H3. The minimum absolute atomic E-state index is 0.192. The first-order valence-corrected chi connectivity index (χ1v) is 10.7. The summed E-state index contributed by atoms with van der Waals surface area (Å²) in [6.45, 7) is 0.614. The molecule has 1 aromatic heterocycles. The molecule has 28 heavy (non-hydrogen) atoms. The second-order valence-electron chi connectivity index (χ2n) is 6.92. The Morgan fingerprint density at radius 1 is 1.04 bits per heavy atom. The predicted molar refractivity (Wildman–Crippen MR) is 107 cm³/mol. The van der Waals surface area contributed by atoms with Gasteiger partial charge in [-0.3, -0.25) is 9.48 Å². The number of sulfone groups is 1. The second kappa shape index (κ2) is 7.24. The molecule has 0 aliphatic carbocycles. The Morgan fingerprint density at radius 3 is 2.36 bits per heavy atom. The number of hydrogen-bond acceptors (Lipinski definition) is 4. The minimum Gasteiger partial charge on any atom is -0.336 e. The normalized spacial score (nSPS) is 17.0. The molecule has 1 aliphatic heterocycles. The van der Waals surface area contributed by atoms with Gasteiger partial charge in [0.2, 0.25) is 0 Å². The maximum Gasteiger partial charge on any atom is 0.272 e. The lowest BCUT2D eigenvalue weighted by atomic mass is 10.1. The highest BCUT2D eigenvalue weighted by Gasteiger charge is 2.37. The zero-order valence-electron chi connectivity index (χ0n) is 15.5. The monoisotopic (exact) mass is 395 g/mol. The number of aryl methyl sites for hydroxylation is 1. The van der Waals surface area contributed by atoms with Crippen LogP contribution in [0.5, 0.6) is 0 Å². The van der Waals surface area contributed by atoms with Gasteiger partial charge in [0, 0.05) is 25.7 Å². The van der Waals surface area contributed by atoms with Gasteiger partial charge < -0.3 is 4.90 Å². The van der Waals surface area contributed by atoms with Crippen molar-refractivity contribution < 1.29 is 13.2 Å². The zero-order valence-corrected chi connectivity index (χ0v) is 16.3. The van der Waals surface area contributed by atoms with Crippen LogP contribution in [0.4, 0.5) is 0 Å². The number of aromatic nitrogens is 2. The fraction of sp³-hybridized carbons (Fsp3) is 0.238. The number of benzene rings is 2. The third-order valence-electron chi connectivity index (χ3n) is 5.11. The highest BCUT2D eigenvalue weighted by molar-refractivity contribution is 7.92. The first-order chi connectivity index (χ1) is 13.5. The van der Waals surface area contributed by atoms with E-state index in [1.807, 2.05) is 30.3 Å². The molecule has 6 nitrogen and oxygen atoms in total. The summed E-state index contributed by atoms with van der Waals surface area (Å²) in [4.78, 5) is 14.9. The third kappa shape index (κ3) is 3.33. The number of amides is 1. The maximum absolute atomic E-state index is 13.0. The Labute approximate surface area is 164 Å². The molecular weight excluding hydrogens is 374 g/mol. The van der Waals surface area contributed by atoms with Crippen LogP contribution in [0, 0.1) is 0 Å². The highest BCUT2D eigenvalue weighted by atomic mass is 32.2. The van der Waals surface area contributed by atoms with E-state index in [0.29, 0.717) is 23.6 Å². The van der Waals surface area contributed by atoms with Crippen molar-refractivity contribution in [3.8, 4) is 11.3 Å². The molecule has 2 aromatic carbocycles. The number of carbonyl (C=O) groups is 1. The summed E-state index contributed by atoms with van der Waals surface area (Å²) in [6.07, 6.45) is 0.437. The average Bonchev–Trinajstić information content (AvgIpc) is 3.36. The molecule has 0 spiro atoms. The number of hydrogen-bond donors (Lipinski definition) is 0. The van der Waals surface area contributed by atoms with E-state index in [-0.39, 0.29) is 12.5 Å². The van der Waals surface area contributed by atoms with Gasteiger partial charge in [0.15, 0.2) is 9.84 Å². The van der Waals surface area contributed by atoms with Crippen molar-refractivity contribution in [3.63, 3.8) is 0 Å². The summed E-state index contributed by atoms with van der Waals surface area (Å²) in [5, 5.41) is 3.86. The average molecular weight is 395 g/mol. The van der Waals surface area contributed by atoms with E-state index >= 15 is 0 Å². The van der Waals surface area contributed by atoms with Gasteiger partial charge in [-0.1, -0.05) is 48.5 Å². The molecule has 4 rings (SSSR count). The van der Waals surface area contributed by atoms with Gasteiger partial charge in [-0.2, -0.15) is 5.10 Å². The highest BCUT2D eigenvalue weighted by Crippen LogP contribution is 2.26. The van der Waals surface area contributed by atoms with Crippen LogP contribution in [-0.4, -0.2) is 47.3 Å². The van der Waals surface area contributed by atoms with Crippen LogP contribution in [-0.2, 0) is 16.9 Å². The molecule has 2 heterocycles. The third-order valence-corrected chi connectivity index (χ3v) is 7.30. The quantitative estimate of drug-likeness (QED) is 0.681. The number of nitrogens with zero attached hydrogens (tertiary/aromatic N) is 3. The van der Waals surface area contributed by atoms with Crippen molar-refractivity contribution in [2.75, 3.05) is 13.1 Å². The van der Waals surface area contributed by atoms with Crippen molar-refractivity contribution >= 4 is 15.7 Å². The van der Waals surface area contributed by atoms with Gasteiger partial charge in [-0.25, -0.2) is 8.42 Å². The molecule has 1 saturated heterocycles. The molecule has 7 heteroatoms. The molecule has 0 N–H and O–H groups in total. The Bertz CT molecular complexity index is 1090. The Morgan fingerprint density at radius 2 is 1.68 bits per heavy atom. The van der Waals surface area contributed by atoms with Gasteiger partial charge >= 0.3 is 0 Å². The van der Waals surface area contributed by atoms with E-state index in [2.05, 4.69) is 5.10 Å². The molecule has 0 radical (unpaired) electrons. The zero-order chi connectivity index (χ0) is 19.7. The van der Waals surface area contributed by atoms with Crippen LogP contribution in [0.2, 0.25) is 0 Å². The summed E-state index contributed by atoms with van der Waals surface area (Å²) >= 11 is 0. The van der Waals surface area contributed by atoms with Crippen LogP contribution in [0.1, 0.15) is 16.9 Å². The number of rotatable bonds is 4. The minimum atomic E-state index is -3.45. The van der Waals surface area contributed by atoms with Crippen LogP contribution in [0.15, 0.2) is 71.6 Å². The molecular formula is C21H21N3O3S. The SMILES string of the molecule is Cn1nc(-c2ccccc2)cc1C(=O)N1CCC(S(=O)(=O)c2ccccc2)C1. The van der Waals surface area contributed by atoms with Crippen molar-refractivity contribution in [1.82, 2.24) is 14.7 Å². The van der Waals surface area contributed by atoms with Crippen LogP contribution >= 0.6 is 0 Å². The van der Waals surface area contributed by atoms with Crippen LogP contribution in [0.3, 0.4) is 0 Å². The topological polar surface area (TPSA) is 72.3 Å². The van der Waals surface area contributed by atoms with E-state index in [9.17, 15) is 13.2 Å².